The van der Waals surface area contributed by atoms with Crippen LogP contribution in [0.4, 0.5) is 26.7 Å². The molecular formula is C33H41N5O7. The lowest BCUT2D eigenvalue weighted by Gasteiger charge is -2.34. The Balaban J connectivity index is 1.53. The Labute approximate surface area is 263 Å². The Morgan fingerprint density at radius 3 is 2.09 bits per heavy atom. The number of nitrogens with zero attached hydrogens (tertiary/aromatic N) is 2. The molecule has 0 radical (unpaired) electrons. The first kappa shape index (κ1) is 32.9. The number of amides is 5. The fourth-order valence-electron chi connectivity index (χ4n) is 4.94. The van der Waals surface area contributed by atoms with Crippen molar-refractivity contribution in [3.05, 3.63) is 72.3 Å². The van der Waals surface area contributed by atoms with Gasteiger partial charge in [0.25, 0.3) is 0 Å². The highest BCUT2D eigenvalue weighted by Gasteiger charge is 2.32. The van der Waals surface area contributed by atoms with Crippen LogP contribution in [0.15, 0.2) is 66.7 Å². The van der Waals surface area contributed by atoms with Crippen LogP contribution in [0.2, 0.25) is 0 Å². The molecule has 45 heavy (non-hydrogen) atoms. The van der Waals surface area contributed by atoms with Gasteiger partial charge in [-0.2, -0.15) is 0 Å². The van der Waals surface area contributed by atoms with E-state index < -0.39 is 18.2 Å². The summed E-state index contributed by atoms with van der Waals surface area (Å²) >= 11 is 0. The molecule has 3 aromatic rings. The predicted octanol–water partition coefficient (Wildman–Crippen LogP) is 4.66. The lowest BCUT2D eigenvalue weighted by Crippen LogP contribution is -2.48. The number of urea groups is 2. The molecule has 3 atom stereocenters. The van der Waals surface area contributed by atoms with E-state index >= 15 is 0 Å². The van der Waals surface area contributed by atoms with Crippen LogP contribution >= 0.6 is 0 Å². The number of likely N-dealkylation sites (N-methyl/N-ethyl adjacent to an activating group) is 1. The van der Waals surface area contributed by atoms with Crippen molar-refractivity contribution < 1.29 is 33.7 Å². The average molecular weight is 620 g/mol. The number of carbonyl (C=O) groups excluding carboxylic acids is 3. The maximum atomic E-state index is 13.5. The number of fused-ring (bicyclic) bond motifs is 1. The molecule has 5 amide bonds. The van der Waals surface area contributed by atoms with Crippen LogP contribution in [0.25, 0.3) is 0 Å². The van der Waals surface area contributed by atoms with Crippen molar-refractivity contribution in [2.45, 2.75) is 32.4 Å². The molecule has 12 nitrogen and oxygen atoms in total. The van der Waals surface area contributed by atoms with Crippen molar-refractivity contribution in [2.24, 2.45) is 5.92 Å². The molecule has 1 heterocycles. The number of rotatable bonds is 9. The van der Waals surface area contributed by atoms with E-state index in [9.17, 15) is 19.5 Å². The summed E-state index contributed by atoms with van der Waals surface area (Å²) in [6, 6.07) is 17.9. The monoisotopic (exact) mass is 619 g/mol. The highest BCUT2D eigenvalue weighted by atomic mass is 16.5. The van der Waals surface area contributed by atoms with Gasteiger partial charge in [0.15, 0.2) is 0 Å². The van der Waals surface area contributed by atoms with Crippen molar-refractivity contribution in [3.8, 4) is 17.2 Å². The van der Waals surface area contributed by atoms with E-state index in [0.29, 0.717) is 46.4 Å². The Kier molecular flexibility index (Phi) is 11.1. The van der Waals surface area contributed by atoms with E-state index in [2.05, 4.69) is 16.0 Å². The second-order valence-electron chi connectivity index (χ2n) is 11.1. The average Bonchev–Trinajstić information content (AvgIpc) is 3.08. The van der Waals surface area contributed by atoms with Gasteiger partial charge in [0, 0.05) is 42.1 Å². The predicted molar refractivity (Wildman–Crippen MR) is 172 cm³/mol. The van der Waals surface area contributed by atoms with Gasteiger partial charge in [-0.3, -0.25) is 4.79 Å². The third-order valence-corrected chi connectivity index (χ3v) is 7.66. The number of hydrogen-bond acceptors (Lipinski definition) is 7. The maximum absolute atomic E-state index is 13.5. The zero-order valence-electron chi connectivity index (χ0n) is 26.2. The SMILES string of the molecule is COc1ccc(NC(=O)Nc2ccc3c(c2)CC(=O)N([C@H](C)CO)C[C@H](C)[C@@H](CN(C)C(=O)Nc2ccc(OC)cc2)O3)cc1. The summed E-state index contributed by atoms with van der Waals surface area (Å²) in [5, 5.41) is 18.4. The number of nitrogens with one attached hydrogen (secondary N) is 3. The first-order valence-corrected chi connectivity index (χ1v) is 14.7. The molecule has 0 saturated heterocycles. The van der Waals surface area contributed by atoms with Crippen LogP contribution in [-0.4, -0.2) is 86.0 Å². The highest BCUT2D eigenvalue weighted by molar-refractivity contribution is 6.00. The van der Waals surface area contributed by atoms with E-state index in [4.69, 9.17) is 14.2 Å². The van der Waals surface area contributed by atoms with Crippen molar-refractivity contribution >= 4 is 35.0 Å². The first-order chi connectivity index (χ1) is 21.6. The largest absolute Gasteiger partial charge is 0.497 e. The zero-order chi connectivity index (χ0) is 32.5. The summed E-state index contributed by atoms with van der Waals surface area (Å²) in [6.07, 6.45) is -0.491. The Bertz CT molecular complexity index is 1470. The van der Waals surface area contributed by atoms with Gasteiger partial charge in [-0.15, -0.1) is 0 Å². The first-order valence-electron chi connectivity index (χ1n) is 14.7. The minimum atomic E-state index is -0.494. The van der Waals surface area contributed by atoms with E-state index in [0.717, 1.165) is 0 Å². The van der Waals surface area contributed by atoms with Crippen LogP contribution in [0.1, 0.15) is 19.4 Å². The Morgan fingerprint density at radius 1 is 0.956 bits per heavy atom. The van der Waals surface area contributed by atoms with Gasteiger partial charge < -0.3 is 45.1 Å². The molecule has 3 aromatic carbocycles. The topological polar surface area (TPSA) is 142 Å². The lowest BCUT2D eigenvalue weighted by atomic mass is 10.0. The van der Waals surface area contributed by atoms with Crippen molar-refractivity contribution in [1.29, 1.82) is 0 Å². The fourth-order valence-corrected chi connectivity index (χ4v) is 4.94. The van der Waals surface area contributed by atoms with Crippen LogP contribution < -0.4 is 30.2 Å². The number of ether oxygens (including phenoxy) is 3. The summed E-state index contributed by atoms with van der Waals surface area (Å²) in [5.74, 6) is 1.45. The molecule has 1 aliphatic heterocycles. The molecule has 0 bridgehead atoms. The van der Waals surface area contributed by atoms with Crippen molar-refractivity contribution in [3.63, 3.8) is 0 Å². The van der Waals surface area contributed by atoms with Gasteiger partial charge in [0.1, 0.15) is 23.4 Å². The summed E-state index contributed by atoms with van der Waals surface area (Å²) in [6.45, 7) is 4.09. The minimum Gasteiger partial charge on any atom is -0.497 e. The number of aliphatic hydroxyl groups excluding tert-OH is 1. The van der Waals surface area contributed by atoms with Crippen molar-refractivity contribution in [1.82, 2.24) is 9.80 Å². The van der Waals surface area contributed by atoms with E-state index in [1.807, 2.05) is 6.92 Å². The molecule has 12 heteroatoms. The molecule has 0 aromatic heterocycles. The fraction of sp³-hybridized carbons (Fsp3) is 0.364. The molecule has 4 rings (SSSR count). The molecule has 0 spiro atoms. The van der Waals surface area contributed by atoms with Crippen LogP contribution in [0, 0.1) is 5.92 Å². The third-order valence-electron chi connectivity index (χ3n) is 7.66. The summed E-state index contributed by atoms with van der Waals surface area (Å²) in [5.41, 5.74) is 2.24. The Hall–Kier alpha value is -4.97. The number of hydrogen-bond donors (Lipinski definition) is 4. The van der Waals surface area contributed by atoms with Gasteiger partial charge >= 0.3 is 12.1 Å². The zero-order valence-corrected chi connectivity index (χ0v) is 26.2. The smallest absolute Gasteiger partial charge is 0.323 e. The van der Waals surface area contributed by atoms with Crippen LogP contribution in [0.5, 0.6) is 17.2 Å². The molecule has 4 N–H and O–H groups in total. The standard InChI is InChI=1S/C33H41N5O7/c1-21-18-38(22(2)20-39)31(40)17-23-16-26(35-32(41)34-24-6-11-27(43-4)12-7-24)10-15-29(23)45-30(21)19-37(3)33(42)36-25-8-13-28(44-5)14-9-25/h6-16,21-22,30,39H,17-20H2,1-5H3,(H,36,42)(H2,34,35,41)/t21-,22+,30+/m0/s1. The minimum absolute atomic E-state index is 0.00251. The van der Waals surface area contributed by atoms with Crippen LogP contribution in [0.3, 0.4) is 0 Å². The van der Waals surface area contributed by atoms with Gasteiger partial charge in [0.05, 0.1) is 39.8 Å². The molecule has 0 fully saturated rings. The summed E-state index contributed by atoms with van der Waals surface area (Å²) in [4.78, 5) is 42.5. The number of aliphatic hydroxyl groups is 1. The molecule has 0 aliphatic carbocycles. The number of carbonyl (C=O) groups is 3. The second kappa shape index (κ2) is 15.2. The summed E-state index contributed by atoms with van der Waals surface area (Å²) in [7, 11) is 4.82. The normalized spacial score (nSPS) is 16.9. The molecule has 0 saturated carbocycles. The van der Waals surface area contributed by atoms with Gasteiger partial charge in [0.2, 0.25) is 5.91 Å². The molecule has 1 aliphatic rings. The maximum Gasteiger partial charge on any atom is 0.323 e. The van der Waals surface area contributed by atoms with E-state index in [1.54, 1.807) is 99.8 Å². The molecule has 240 valence electrons. The van der Waals surface area contributed by atoms with Crippen LogP contribution in [-0.2, 0) is 11.2 Å². The van der Waals surface area contributed by atoms with Crippen molar-refractivity contribution in [2.75, 3.05) is 56.9 Å². The molecule has 0 unspecified atom stereocenters. The Morgan fingerprint density at radius 2 is 1.51 bits per heavy atom. The second-order valence-corrected chi connectivity index (χ2v) is 11.1. The van der Waals surface area contributed by atoms with Gasteiger partial charge in [-0.25, -0.2) is 9.59 Å². The third kappa shape index (κ3) is 8.79. The molecular weight excluding hydrogens is 578 g/mol. The number of methoxy groups -OCH3 is 2. The number of anilines is 3. The lowest BCUT2D eigenvalue weighted by molar-refractivity contribution is -0.134. The number of benzene rings is 3. The quantitative estimate of drug-likeness (QED) is 0.273. The van der Waals surface area contributed by atoms with Gasteiger partial charge in [-0.1, -0.05) is 6.92 Å². The van der Waals surface area contributed by atoms with E-state index in [-0.39, 0.29) is 37.4 Å². The van der Waals surface area contributed by atoms with Gasteiger partial charge in [-0.05, 0) is 73.7 Å². The van der Waals surface area contributed by atoms with E-state index in [1.165, 1.54) is 4.90 Å². The highest BCUT2D eigenvalue weighted by Crippen LogP contribution is 2.29. The summed E-state index contributed by atoms with van der Waals surface area (Å²) < 4.78 is 16.8.